The highest BCUT2D eigenvalue weighted by Gasteiger charge is 2.37. The van der Waals surface area contributed by atoms with E-state index in [4.69, 9.17) is 11.6 Å². The number of amides is 1. The molecule has 2 fully saturated rings. The summed E-state index contributed by atoms with van der Waals surface area (Å²) in [5, 5.41) is 4.09. The van der Waals surface area contributed by atoms with Crippen molar-refractivity contribution < 1.29 is 4.79 Å². The highest BCUT2D eigenvalue weighted by molar-refractivity contribution is 6.30. The van der Waals surface area contributed by atoms with Gasteiger partial charge in [-0.05, 0) is 30.5 Å². The molecule has 1 aromatic carbocycles. The number of nitrogens with one attached hydrogen (secondary N) is 1. The standard InChI is InChI=1S/C14H17ClN2O.ClH/c15-12-3-1-2-11(8-12)13-9-16-6-7-17(13)14(18)10-4-5-10;/h1-3,8,10,13,16H,4-7,9H2;1H. The quantitative estimate of drug-likeness (QED) is 0.911. The molecule has 1 aliphatic carbocycles. The average Bonchev–Trinajstić information content (AvgIpc) is 3.22. The molecular formula is C14H18Cl2N2O. The maximum Gasteiger partial charge on any atom is 0.226 e. The Bertz CT molecular complexity index is 463. The van der Waals surface area contributed by atoms with Gasteiger partial charge in [0.1, 0.15) is 0 Å². The minimum atomic E-state index is 0. The first-order valence-electron chi connectivity index (χ1n) is 6.52. The summed E-state index contributed by atoms with van der Waals surface area (Å²) in [6.45, 7) is 2.50. The van der Waals surface area contributed by atoms with E-state index in [1.165, 1.54) is 0 Å². The number of rotatable bonds is 2. The highest BCUT2D eigenvalue weighted by atomic mass is 35.5. The van der Waals surface area contributed by atoms with Crippen LogP contribution in [0, 0.1) is 5.92 Å². The van der Waals surface area contributed by atoms with Crippen LogP contribution in [0.4, 0.5) is 0 Å². The monoisotopic (exact) mass is 300 g/mol. The molecule has 19 heavy (non-hydrogen) atoms. The summed E-state index contributed by atoms with van der Waals surface area (Å²) < 4.78 is 0. The molecule has 1 unspecified atom stereocenters. The van der Waals surface area contributed by atoms with Gasteiger partial charge in [-0.15, -0.1) is 12.4 Å². The van der Waals surface area contributed by atoms with E-state index in [-0.39, 0.29) is 24.4 Å². The zero-order chi connectivity index (χ0) is 12.5. The van der Waals surface area contributed by atoms with Gasteiger partial charge < -0.3 is 10.2 Å². The van der Waals surface area contributed by atoms with Gasteiger partial charge in [0.05, 0.1) is 6.04 Å². The van der Waals surface area contributed by atoms with Crippen LogP contribution in [0.1, 0.15) is 24.4 Å². The van der Waals surface area contributed by atoms with Gasteiger partial charge in [0.2, 0.25) is 5.91 Å². The van der Waals surface area contributed by atoms with E-state index in [2.05, 4.69) is 11.4 Å². The summed E-state index contributed by atoms with van der Waals surface area (Å²) in [4.78, 5) is 14.3. The molecule has 3 nitrogen and oxygen atoms in total. The third-order valence-corrected chi connectivity index (χ3v) is 3.92. The first kappa shape index (κ1) is 14.6. The Morgan fingerprint density at radius 2 is 2.16 bits per heavy atom. The lowest BCUT2D eigenvalue weighted by molar-refractivity contribution is -0.135. The van der Waals surface area contributed by atoms with Crippen molar-refractivity contribution in [3.8, 4) is 0 Å². The molecule has 3 rings (SSSR count). The summed E-state index contributed by atoms with van der Waals surface area (Å²) in [5.74, 6) is 0.603. The number of carbonyl (C=O) groups is 1. The normalized spacial score (nSPS) is 22.8. The summed E-state index contributed by atoms with van der Waals surface area (Å²) in [6.07, 6.45) is 2.12. The molecule has 0 spiro atoms. The first-order valence-corrected chi connectivity index (χ1v) is 6.90. The summed E-state index contributed by atoms with van der Waals surface area (Å²) >= 11 is 6.04. The lowest BCUT2D eigenvalue weighted by atomic mass is 10.0. The van der Waals surface area contributed by atoms with Crippen LogP contribution < -0.4 is 5.32 Å². The van der Waals surface area contributed by atoms with E-state index < -0.39 is 0 Å². The number of hydrogen-bond donors (Lipinski definition) is 1. The molecule has 1 atom stereocenters. The molecule has 2 aliphatic rings. The third-order valence-electron chi connectivity index (χ3n) is 3.69. The Morgan fingerprint density at radius 1 is 1.37 bits per heavy atom. The first-order chi connectivity index (χ1) is 8.75. The van der Waals surface area contributed by atoms with Gasteiger partial charge in [-0.3, -0.25) is 4.79 Å². The fraction of sp³-hybridized carbons (Fsp3) is 0.500. The molecule has 1 saturated carbocycles. The van der Waals surface area contributed by atoms with Gasteiger partial charge in [0.25, 0.3) is 0 Å². The second kappa shape index (κ2) is 6.12. The molecule has 1 saturated heterocycles. The smallest absolute Gasteiger partial charge is 0.226 e. The van der Waals surface area contributed by atoms with Gasteiger partial charge in [0, 0.05) is 30.6 Å². The summed E-state index contributed by atoms with van der Waals surface area (Å²) in [5.41, 5.74) is 1.13. The van der Waals surface area contributed by atoms with E-state index >= 15 is 0 Å². The van der Waals surface area contributed by atoms with Crippen molar-refractivity contribution in [2.24, 2.45) is 5.92 Å². The third kappa shape index (κ3) is 3.22. The van der Waals surface area contributed by atoms with Crippen molar-refractivity contribution >= 4 is 29.9 Å². The molecule has 0 bridgehead atoms. The fourth-order valence-electron chi connectivity index (χ4n) is 2.54. The van der Waals surface area contributed by atoms with Gasteiger partial charge in [-0.1, -0.05) is 23.7 Å². The number of piperazine rings is 1. The maximum absolute atomic E-state index is 12.3. The van der Waals surface area contributed by atoms with Gasteiger partial charge >= 0.3 is 0 Å². The van der Waals surface area contributed by atoms with Crippen molar-refractivity contribution in [1.82, 2.24) is 10.2 Å². The number of nitrogens with zero attached hydrogens (tertiary/aromatic N) is 1. The van der Waals surface area contributed by atoms with Crippen LogP contribution in [0.15, 0.2) is 24.3 Å². The molecule has 1 amide bonds. The molecule has 0 aromatic heterocycles. The van der Waals surface area contributed by atoms with E-state index in [9.17, 15) is 4.79 Å². The average molecular weight is 301 g/mol. The molecule has 1 aromatic rings. The molecule has 1 heterocycles. The number of benzene rings is 1. The minimum absolute atomic E-state index is 0. The van der Waals surface area contributed by atoms with Crippen LogP contribution in [-0.2, 0) is 4.79 Å². The van der Waals surface area contributed by atoms with E-state index in [0.717, 1.165) is 43.1 Å². The molecule has 104 valence electrons. The van der Waals surface area contributed by atoms with Gasteiger partial charge in [-0.25, -0.2) is 0 Å². The topological polar surface area (TPSA) is 32.3 Å². The van der Waals surface area contributed by atoms with Crippen LogP contribution >= 0.6 is 24.0 Å². The van der Waals surface area contributed by atoms with Crippen molar-refractivity contribution in [3.05, 3.63) is 34.9 Å². The minimum Gasteiger partial charge on any atom is -0.333 e. The second-order valence-corrected chi connectivity index (χ2v) is 5.52. The molecular weight excluding hydrogens is 283 g/mol. The van der Waals surface area contributed by atoms with Crippen LogP contribution in [0.5, 0.6) is 0 Å². The molecule has 1 N–H and O–H groups in total. The van der Waals surface area contributed by atoms with Crippen molar-refractivity contribution in [1.29, 1.82) is 0 Å². The Kier molecular flexibility index (Phi) is 4.71. The number of halogens is 2. The van der Waals surface area contributed by atoms with E-state index in [0.29, 0.717) is 5.91 Å². The molecule has 1 aliphatic heterocycles. The largest absolute Gasteiger partial charge is 0.333 e. The number of carbonyl (C=O) groups excluding carboxylic acids is 1. The zero-order valence-electron chi connectivity index (χ0n) is 10.6. The molecule has 5 heteroatoms. The molecule has 0 radical (unpaired) electrons. The van der Waals surface area contributed by atoms with Crippen LogP contribution in [-0.4, -0.2) is 30.4 Å². The zero-order valence-corrected chi connectivity index (χ0v) is 12.2. The fourth-order valence-corrected chi connectivity index (χ4v) is 2.74. The van der Waals surface area contributed by atoms with Crippen molar-refractivity contribution in [3.63, 3.8) is 0 Å². The highest BCUT2D eigenvalue weighted by Crippen LogP contribution is 2.34. The summed E-state index contributed by atoms with van der Waals surface area (Å²) in [7, 11) is 0. The second-order valence-electron chi connectivity index (χ2n) is 5.08. The predicted molar refractivity (Wildman–Crippen MR) is 78.7 cm³/mol. The lowest BCUT2D eigenvalue weighted by Gasteiger charge is -2.36. The Balaban J connectivity index is 0.00000133. The number of hydrogen-bond acceptors (Lipinski definition) is 2. The van der Waals surface area contributed by atoms with Crippen molar-refractivity contribution in [2.75, 3.05) is 19.6 Å². The predicted octanol–water partition coefficient (Wildman–Crippen LogP) is 2.64. The van der Waals surface area contributed by atoms with Crippen LogP contribution in [0.3, 0.4) is 0 Å². The van der Waals surface area contributed by atoms with Crippen LogP contribution in [0.25, 0.3) is 0 Å². The Labute approximate surface area is 124 Å². The SMILES string of the molecule is Cl.O=C(C1CC1)N1CCNCC1c1cccc(Cl)c1. The Morgan fingerprint density at radius 3 is 2.84 bits per heavy atom. The lowest BCUT2D eigenvalue weighted by Crippen LogP contribution is -2.49. The summed E-state index contributed by atoms with van der Waals surface area (Å²) in [6, 6.07) is 7.97. The van der Waals surface area contributed by atoms with Gasteiger partial charge in [-0.2, -0.15) is 0 Å². The van der Waals surface area contributed by atoms with E-state index in [1.54, 1.807) is 0 Å². The Hall–Kier alpha value is -0.770. The maximum atomic E-state index is 12.3. The van der Waals surface area contributed by atoms with Gasteiger partial charge in [0.15, 0.2) is 0 Å². The van der Waals surface area contributed by atoms with Crippen LogP contribution in [0.2, 0.25) is 5.02 Å². The van der Waals surface area contributed by atoms with E-state index in [1.807, 2.05) is 23.1 Å². The van der Waals surface area contributed by atoms with Crippen molar-refractivity contribution in [2.45, 2.75) is 18.9 Å².